The van der Waals surface area contributed by atoms with E-state index in [2.05, 4.69) is 5.10 Å². The molecule has 1 aliphatic rings. The fourth-order valence-electron chi connectivity index (χ4n) is 2.00. The van der Waals surface area contributed by atoms with E-state index < -0.39 is 5.60 Å². The van der Waals surface area contributed by atoms with Crippen LogP contribution >= 0.6 is 0 Å². The molecule has 2 rings (SSSR count). The average Bonchev–Trinajstić information content (AvgIpc) is 2.48. The lowest BCUT2D eigenvalue weighted by atomic mass is 9.83. The molecule has 72 valence electrons. The number of aryl methyl sites for hydroxylation is 2. The monoisotopic (exact) mass is 181 g/mol. The molecule has 4 heteroatoms. The van der Waals surface area contributed by atoms with Crippen LogP contribution in [0.4, 0.5) is 0 Å². The van der Waals surface area contributed by atoms with E-state index in [-0.39, 0.29) is 6.54 Å². The van der Waals surface area contributed by atoms with Gasteiger partial charge in [0.05, 0.1) is 5.69 Å². The van der Waals surface area contributed by atoms with E-state index >= 15 is 0 Å². The molecular weight excluding hydrogens is 166 g/mol. The van der Waals surface area contributed by atoms with Gasteiger partial charge in [-0.3, -0.25) is 4.68 Å². The molecule has 0 bridgehead atoms. The highest BCUT2D eigenvalue weighted by molar-refractivity contribution is 5.27. The number of rotatable bonds is 1. The summed E-state index contributed by atoms with van der Waals surface area (Å²) in [6, 6.07) is 0. The lowest BCUT2D eigenvalue weighted by Gasteiger charge is -2.29. The Morgan fingerprint density at radius 2 is 2.54 bits per heavy atom. The molecule has 1 aliphatic carbocycles. The van der Waals surface area contributed by atoms with Crippen molar-refractivity contribution in [3.05, 3.63) is 17.5 Å². The summed E-state index contributed by atoms with van der Waals surface area (Å²) >= 11 is 0. The number of hydrogen-bond acceptors (Lipinski definition) is 3. The van der Waals surface area contributed by atoms with E-state index in [9.17, 15) is 5.11 Å². The lowest BCUT2D eigenvalue weighted by molar-refractivity contribution is 0.0279. The maximum Gasteiger partial charge on any atom is 0.105 e. The van der Waals surface area contributed by atoms with Crippen molar-refractivity contribution in [2.75, 3.05) is 6.54 Å². The second kappa shape index (κ2) is 2.82. The zero-order chi connectivity index (χ0) is 9.47. The fraction of sp³-hybridized carbons (Fsp3) is 0.667. The molecule has 0 radical (unpaired) electrons. The molecule has 0 saturated heterocycles. The molecule has 1 heterocycles. The van der Waals surface area contributed by atoms with Gasteiger partial charge < -0.3 is 10.8 Å². The van der Waals surface area contributed by atoms with Crippen molar-refractivity contribution in [3.8, 4) is 0 Å². The standard InChI is InChI=1S/C9H15N3O/c1-12-5-7-8(11-12)3-2-4-9(7,13)6-10/h5,13H,2-4,6,10H2,1H3. The first-order valence-electron chi connectivity index (χ1n) is 4.61. The normalized spacial score (nSPS) is 27.3. The van der Waals surface area contributed by atoms with Crippen LogP contribution in [-0.4, -0.2) is 21.4 Å². The van der Waals surface area contributed by atoms with Crippen LogP contribution in [0.2, 0.25) is 0 Å². The zero-order valence-electron chi connectivity index (χ0n) is 7.82. The Morgan fingerprint density at radius 1 is 1.77 bits per heavy atom. The molecule has 0 saturated carbocycles. The molecule has 1 aromatic heterocycles. The highest BCUT2D eigenvalue weighted by Gasteiger charge is 2.34. The third kappa shape index (κ3) is 1.26. The van der Waals surface area contributed by atoms with Gasteiger partial charge in [-0.15, -0.1) is 0 Å². The number of aliphatic hydroxyl groups is 1. The average molecular weight is 181 g/mol. The molecule has 13 heavy (non-hydrogen) atoms. The minimum atomic E-state index is -0.832. The van der Waals surface area contributed by atoms with Gasteiger partial charge >= 0.3 is 0 Å². The van der Waals surface area contributed by atoms with E-state index in [1.54, 1.807) is 4.68 Å². The third-order valence-electron chi connectivity index (χ3n) is 2.75. The van der Waals surface area contributed by atoms with Crippen molar-refractivity contribution in [2.24, 2.45) is 12.8 Å². The minimum absolute atomic E-state index is 0.283. The van der Waals surface area contributed by atoms with Crippen molar-refractivity contribution >= 4 is 0 Å². The van der Waals surface area contributed by atoms with Gasteiger partial charge in [0.2, 0.25) is 0 Å². The van der Waals surface area contributed by atoms with E-state index in [4.69, 9.17) is 5.73 Å². The predicted molar refractivity (Wildman–Crippen MR) is 49.1 cm³/mol. The second-order valence-corrected chi connectivity index (χ2v) is 3.75. The molecule has 1 atom stereocenters. The van der Waals surface area contributed by atoms with E-state index in [1.807, 2.05) is 13.2 Å². The summed E-state index contributed by atoms with van der Waals surface area (Å²) in [5, 5.41) is 14.5. The van der Waals surface area contributed by atoms with Gasteiger partial charge in [-0.2, -0.15) is 5.10 Å². The quantitative estimate of drug-likeness (QED) is 0.636. The Morgan fingerprint density at radius 3 is 3.23 bits per heavy atom. The molecule has 0 amide bonds. The van der Waals surface area contributed by atoms with Crippen molar-refractivity contribution in [1.82, 2.24) is 9.78 Å². The predicted octanol–water partition coefficient (Wildman–Crippen LogP) is -0.0973. The molecule has 0 aliphatic heterocycles. The Labute approximate surface area is 77.4 Å². The van der Waals surface area contributed by atoms with Crippen molar-refractivity contribution < 1.29 is 5.11 Å². The Hall–Kier alpha value is -0.870. The lowest BCUT2D eigenvalue weighted by Crippen LogP contribution is -2.37. The van der Waals surface area contributed by atoms with Gasteiger partial charge in [-0.1, -0.05) is 0 Å². The van der Waals surface area contributed by atoms with Gasteiger partial charge in [0.15, 0.2) is 0 Å². The van der Waals surface area contributed by atoms with Gasteiger partial charge in [0.1, 0.15) is 5.60 Å². The maximum atomic E-state index is 10.2. The number of nitrogens with two attached hydrogens (primary N) is 1. The summed E-state index contributed by atoms with van der Waals surface area (Å²) in [6.45, 7) is 0.283. The van der Waals surface area contributed by atoms with Crippen LogP contribution in [0.5, 0.6) is 0 Å². The van der Waals surface area contributed by atoms with Crippen molar-refractivity contribution in [2.45, 2.75) is 24.9 Å². The van der Waals surface area contributed by atoms with E-state index in [1.165, 1.54) is 0 Å². The van der Waals surface area contributed by atoms with Crippen LogP contribution in [0.25, 0.3) is 0 Å². The van der Waals surface area contributed by atoms with Gasteiger partial charge in [0.25, 0.3) is 0 Å². The first-order chi connectivity index (χ1) is 6.15. The van der Waals surface area contributed by atoms with Crippen molar-refractivity contribution in [3.63, 3.8) is 0 Å². The topological polar surface area (TPSA) is 64.1 Å². The summed E-state index contributed by atoms with van der Waals surface area (Å²) in [5.74, 6) is 0. The number of fused-ring (bicyclic) bond motifs is 1. The van der Waals surface area contributed by atoms with Crippen LogP contribution in [0.3, 0.4) is 0 Å². The Kier molecular flexibility index (Phi) is 1.89. The molecule has 1 aromatic rings. The summed E-state index contributed by atoms with van der Waals surface area (Å²) < 4.78 is 1.75. The largest absolute Gasteiger partial charge is 0.384 e. The summed E-state index contributed by atoms with van der Waals surface area (Å²) in [4.78, 5) is 0. The van der Waals surface area contributed by atoms with Crippen molar-refractivity contribution in [1.29, 1.82) is 0 Å². The highest BCUT2D eigenvalue weighted by atomic mass is 16.3. The molecule has 3 N–H and O–H groups in total. The van der Waals surface area contributed by atoms with E-state index in [0.29, 0.717) is 0 Å². The molecule has 1 unspecified atom stereocenters. The van der Waals surface area contributed by atoms with Gasteiger partial charge in [-0.25, -0.2) is 0 Å². The zero-order valence-corrected chi connectivity index (χ0v) is 7.82. The van der Waals surface area contributed by atoms with Gasteiger partial charge in [0, 0.05) is 25.4 Å². The molecule has 4 nitrogen and oxygen atoms in total. The van der Waals surface area contributed by atoms with Gasteiger partial charge in [-0.05, 0) is 19.3 Å². The molecule has 0 aromatic carbocycles. The summed E-state index contributed by atoms with van der Waals surface area (Å²) in [6.07, 6.45) is 4.56. The van der Waals surface area contributed by atoms with Crippen LogP contribution in [0.15, 0.2) is 6.20 Å². The van der Waals surface area contributed by atoms with Crippen LogP contribution in [0.1, 0.15) is 24.1 Å². The minimum Gasteiger partial charge on any atom is -0.384 e. The summed E-state index contributed by atoms with van der Waals surface area (Å²) in [5.41, 5.74) is 6.66. The van der Waals surface area contributed by atoms with Crippen LogP contribution in [-0.2, 0) is 19.1 Å². The SMILES string of the molecule is Cn1cc2c(n1)CCCC2(O)CN. The smallest absolute Gasteiger partial charge is 0.105 e. The van der Waals surface area contributed by atoms with E-state index in [0.717, 1.165) is 30.5 Å². The third-order valence-corrected chi connectivity index (χ3v) is 2.75. The Bertz CT molecular complexity index is 321. The fourth-order valence-corrected chi connectivity index (χ4v) is 2.00. The van der Waals surface area contributed by atoms with Crippen LogP contribution in [0, 0.1) is 0 Å². The number of hydrogen-bond donors (Lipinski definition) is 2. The molecular formula is C9H15N3O. The number of aromatic nitrogens is 2. The van der Waals surface area contributed by atoms with Crippen LogP contribution < -0.4 is 5.73 Å². The Balaban J connectivity index is 2.47. The highest BCUT2D eigenvalue weighted by Crippen LogP contribution is 2.33. The maximum absolute atomic E-state index is 10.2. The first-order valence-corrected chi connectivity index (χ1v) is 4.61. The molecule has 0 spiro atoms. The molecule has 0 fully saturated rings. The first kappa shape index (κ1) is 8.72. The summed E-state index contributed by atoms with van der Waals surface area (Å²) in [7, 11) is 1.87. The second-order valence-electron chi connectivity index (χ2n) is 3.75. The number of nitrogens with zero attached hydrogens (tertiary/aromatic N) is 2.